The summed E-state index contributed by atoms with van der Waals surface area (Å²) in [6, 6.07) is 3.54. The third kappa shape index (κ3) is 4.95. The maximum absolute atomic E-state index is 11.9. The molecule has 0 amide bonds. The summed E-state index contributed by atoms with van der Waals surface area (Å²) >= 11 is 6.88. The average Bonchev–Trinajstić information content (AvgIpc) is 2.78. The minimum absolute atomic E-state index is 0.409. The number of alkyl halides is 1. The molecule has 1 N–H and O–H groups in total. The average molecular weight is 296 g/mol. The topological polar surface area (TPSA) is 46.2 Å². The van der Waals surface area contributed by atoms with Gasteiger partial charge in [-0.05, 0) is 31.4 Å². The Hall–Kier alpha value is -0.100. The Morgan fingerprint density at radius 2 is 2.06 bits per heavy atom. The Morgan fingerprint density at radius 1 is 1.29 bits per heavy atom. The molecule has 1 heterocycles. The second-order valence-electron chi connectivity index (χ2n) is 3.72. The molecule has 0 fully saturated rings. The zero-order chi connectivity index (χ0) is 12.7. The van der Waals surface area contributed by atoms with Gasteiger partial charge in [-0.25, -0.2) is 13.1 Å². The molecule has 0 saturated heterocycles. The van der Waals surface area contributed by atoms with Crippen molar-refractivity contribution in [2.75, 3.05) is 12.4 Å². The summed E-state index contributed by atoms with van der Waals surface area (Å²) in [5.41, 5.74) is 0. The Labute approximate surface area is 112 Å². The van der Waals surface area contributed by atoms with Crippen LogP contribution in [-0.4, -0.2) is 20.8 Å². The number of thiophene rings is 1. The van der Waals surface area contributed by atoms with Crippen molar-refractivity contribution < 1.29 is 8.42 Å². The number of rotatable bonds is 8. The van der Waals surface area contributed by atoms with Crippen molar-refractivity contribution in [2.24, 2.45) is 0 Å². The van der Waals surface area contributed by atoms with Crippen LogP contribution in [0, 0.1) is 0 Å². The first-order chi connectivity index (χ1) is 8.10. The lowest BCUT2D eigenvalue weighted by Gasteiger charge is -2.03. The molecule has 1 aromatic rings. The predicted octanol–water partition coefficient (Wildman–Crippen LogP) is 3.00. The summed E-state index contributed by atoms with van der Waals surface area (Å²) in [4.78, 5) is 1.09. The fraction of sp³-hybridized carbons (Fsp3) is 0.636. The van der Waals surface area contributed by atoms with Crippen LogP contribution in [0.25, 0.3) is 0 Å². The minimum Gasteiger partial charge on any atom is -0.210 e. The Bertz CT molecular complexity index is 428. The van der Waals surface area contributed by atoms with Gasteiger partial charge >= 0.3 is 0 Å². The first-order valence-corrected chi connectivity index (χ1v) is 8.58. The third-order valence-electron chi connectivity index (χ3n) is 2.35. The molecule has 17 heavy (non-hydrogen) atoms. The molecule has 0 unspecified atom stereocenters. The van der Waals surface area contributed by atoms with Gasteiger partial charge in [0.1, 0.15) is 4.21 Å². The maximum atomic E-state index is 11.9. The van der Waals surface area contributed by atoms with Crippen LogP contribution in [0.4, 0.5) is 0 Å². The van der Waals surface area contributed by atoms with E-state index in [1.807, 2.05) is 13.0 Å². The lowest BCUT2D eigenvalue weighted by atomic mass is 10.2. The molecule has 0 saturated carbocycles. The number of aryl methyl sites for hydroxylation is 1. The number of hydrogen-bond acceptors (Lipinski definition) is 3. The van der Waals surface area contributed by atoms with Gasteiger partial charge in [-0.15, -0.1) is 22.9 Å². The number of sulfonamides is 1. The zero-order valence-corrected chi connectivity index (χ0v) is 12.3. The summed E-state index contributed by atoms with van der Waals surface area (Å²) in [6.45, 7) is 2.50. The standard InChI is InChI=1S/C11H18ClNO2S2/c1-2-10-6-7-11(16-10)17(14,15)13-9-5-3-4-8-12/h6-7,13H,2-5,8-9H2,1H3. The highest BCUT2D eigenvalue weighted by molar-refractivity contribution is 7.91. The molecule has 0 aliphatic heterocycles. The largest absolute Gasteiger partial charge is 0.250 e. The molecule has 3 nitrogen and oxygen atoms in total. The summed E-state index contributed by atoms with van der Waals surface area (Å²) in [6.07, 6.45) is 3.59. The second kappa shape index (κ2) is 7.36. The van der Waals surface area contributed by atoms with Crippen LogP contribution in [0.3, 0.4) is 0 Å². The summed E-state index contributed by atoms with van der Waals surface area (Å²) in [5.74, 6) is 0.636. The van der Waals surface area contributed by atoms with Crippen LogP contribution in [0.1, 0.15) is 31.1 Å². The molecule has 0 bridgehead atoms. The zero-order valence-electron chi connectivity index (χ0n) is 9.91. The van der Waals surface area contributed by atoms with Crippen LogP contribution in [-0.2, 0) is 16.4 Å². The molecule has 0 aliphatic rings. The van der Waals surface area contributed by atoms with Crippen molar-refractivity contribution in [2.45, 2.75) is 36.8 Å². The Balaban J connectivity index is 2.45. The van der Waals surface area contributed by atoms with Crippen LogP contribution in [0.15, 0.2) is 16.3 Å². The van der Waals surface area contributed by atoms with E-state index in [0.717, 1.165) is 30.6 Å². The summed E-state index contributed by atoms with van der Waals surface area (Å²) in [7, 11) is -3.30. The highest BCUT2D eigenvalue weighted by atomic mass is 35.5. The lowest BCUT2D eigenvalue weighted by Crippen LogP contribution is -2.23. The summed E-state index contributed by atoms with van der Waals surface area (Å²) in [5, 5.41) is 0. The van der Waals surface area contributed by atoms with E-state index < -0.39 is 10.0 Å². The molecule has 0 aromatic carbocycles. The van der Waals surface area contributed by atoms with Gasteiger partial charge in [0.05, 0.1) is 0 Å². The van der Waals surface area contributed by atoms with E-state index in [4.69, 9.17) is 11.6 Å². The monoisotopic (exact) mass is 295 g/mol. The molecule has 0 aliphatic carbocycles. The van der Waals surface area contributed by atoms with Gasteiger partial charge < -0.3 is 0 Å². The van der Waals surface area contributed by atoms with Gasteiger partial charge in [0, 0.05) is 17.3 Å². The van der Waals surface area contributed by atoms with E-state index in [1.54, 1.807) is 6.07 Å². The van der Waals surface area contributed by atoms with Crippen molar-refractivity contribution in [1.29, 1.82) is 0 Å². The van der Waals surface area contributed by atoms with Crippen molar-refractivity contribution >= 4 is 33.0 Å². The van der Waals surface area contributed by atoms with Crippen LogP contribution in [0.2, 0.25) is 0 Å². The van der Waals surface area contributed by atoms with Gasteiger partial charge in [0.2, 0.25) is 10.0 Å². The second-order valence-corrected chi connectivity index (χ2v) is 7.26. The van der Waals surface area contributed by atoms with Gasteiger partial charge in [-0.3, -0.25) is 0 Å². The van der Waals surface area contributed by atoms with E-state index in [1.165, 1.54) is 11.3 Å². The molecule has 1 rings (SSSR count). The van der Waals surface area contributed by atoms with E-state index in [9.17, 15) is 8.42 Å². The first-order valence-electron chi connectivity index (χ1n) is 5.74. The molecule has 1 aromatic heterocycles. The van der Waals surface area contributed by atoms with Crippen LogP contribution >= 0.6 is 22.9 Å². The molecular formula is C11H18ClNO2S2. The highest BCUT2D eigenvalue weighted by Gasteiger charge is 2.15. The Morgan fingerprint density at radius 3 is 2.65 bits per heavy atom. The maximum Gasteiger partial charge on any atom is 0.250 e. The van der Waals surface area contributed by atoms with Crippen molar-refractivity contribution in [1.82, 2.24) is 4.72 Å². The fourth-order valence-corrected chi connectivity index (χ4v) is 3.97. The smallest absolute Gasteiger partial charge is 0.210 e. The van der Waals surface area contributed by atoms with Gasteiger partial charge in [-0.2, -0.15) is 0 Å². The van der Waals surface area contributed by atoms with E-state index in [2.05, 4.69) is 4.72 Å². The predicted molar refractivity (Wildman–Crippen MR) is 73.5 cm³/mol. The SMILES string of the molecule is CCc1ccc(S(=O)(=O)NCCCCCCl)s1. The quantitative estimate of drug-likeness (QED) is 0.592. The first kappa shape index (κ1) is 15.0. The molecular weight excluding hydrogens is 278 g/mol. The van der Waals surface area contributed by atoms with E-state index in [-0.39, 0.29) is 0 Å². The number of unbranched alkanes of at least 4 members (excludes halogenated alkanes) is 2. The van der Waals surface area contributed by atoms with Crippen molar-refractivity contribution in [3.05, 3.63) is 17.0 Å². The lowest BCUT2D eigenvalue weighted by molar-refractivity contribution is 0.578. The number of nitrogens with one attached hydrogen (secondary N) is 1. The van der Waals surface area contributed by atoms with E-state index in [0.29, 0.717) is 16.6 Å². The van der Waals surface area contributed by atoms with Gasteiger partial charge in [-0.1, -0.05) is 13.3 Å². The fourth-order valence-electron chi connectivity index (χ4n) is 1.37. The molecule has 6 heteroatoms. The van der Waals surface area contributed by atoms with Crippen molar-refractivity contribution in [3.8, 4) is 0 Å². The van der Waals surface area contributed by atoms with Crippen LogP contribution < -0.4 is 4.72 Å². The molecule has 0 spiro atoms. The summed E-state index contributed by atoms with van der Waals surface area (Å²) < 4.78 is 26.8. The number of halogens is 1. The normalized spacial score (nSPS) is 11.9. The van der Waals surface area contributed by atoms with Gasteiger partial charge in [0.15, 0.2) is 0 Å². The van der Waals surface area contributed by atoms with Crippen LogP contribution in [0.5, 0.6) is 0 Å². The molecule has 0 radical (unpaired) electrons. The minimum atomic E-state index is -3.30. The Kier molecular flexibility index (Phi) is 6.48. The number of hydrogen-bond donors (Lipinski definition) is 1. The third-order valence-corrected chi connectivity index (χ3v) is 5.80. The van der Waals surface area contributed by atoms with Gasteiger partial charge in [0.25, 0.3) is 0 Å². The molecule has 98 valence electrons. The highest BCUT2D eigenvalue weighted by Crippen LogP contribution is 2.21. The van der Waals surface area contributed by atoms with E-state index >= 15 is 0 Å². The van der Waals surface area contributed by atoms with Crippen molar-refractivity contribution in [3.63, 3.8) is 0 Å². The molecule has 0 atom stereocenters.